The molecule has 0 radical (unpaired) electrons. The highest BCUT2D eigenvalue weighted by Gasteiger charge is 2.46. The number of hydrogen-bond donors (Lipinski definition) is 3. The normalized spacial score (nSPS) is 13.5. The second kappa shape index (κ2) is 25.8. The van der Waals surface area contributed by atoms with Gasteiger partial charge in [-0.15, -0.1) is 0 Å². The van der Waals surface area contributed by atoms with Crippen molar-refractivity contribution in [2.24, 2.45) is 0 Å². The van der Waals surface area contributed by atoms with Crippen molar-refractivity contribution in [2.75, 3.05) is 19.7 Å². The lowest BCUT2D eigenvalue weighted by atomic mass is 9.98. The number of rotatable bonds is 21. The quantitative estimate of drug-likeness (QED) is 0.0625. The highest BCUT2D eigenvalue weighted by Crippen LogP contribution is 2.44. The Bertz CT molecular complexity index is 1690. The Morgan fingerprint density at radius 1 is 0.531 bits per heavy atom. The fourth-order valence-electron chi connectivity index (χ4n) is 9.04. The van der Waals surface area contributed by atoms with Gasteiger partial charge in [0.25, 0.3) is 0 Å². The lowest BCUT2D eigenvalue weighted by molar-refractivity contribution is -0.145. The minimum atomic E-state index is -1.96. The average molecular weight is 931 g/mol. The number of alkyl carbamates (subject to hydrolysis) is 2. The van der Waals surface area contributed by atoms with Crippen molar-refractivity contribution in [1.29, 1.82) is 0 Å². The van der Waals surface area contributed by atoms with E-state index in [-0.39, 0.29) is 25.7 Å². The number of carbonyl (C=O) groups is 4. The van der Waals surface area contributed by atoms with Gasteiger partial charge in [-0.05, 0) is 104 Å². The molecule has 0 aliphatic rings. The summed E-state index contributed by atoms with van der Waals surface area (Å²) in [6.45, 7) is 41.0. The van der Waals surface area contributed by atoms with Gasteiger partial charge in [0.05, 0.1) is 31.7 Å². The smallest absolute Gasteiger partial charge is 0.407 e. The Hall–Kier alpha value is -3.73. The molecular formula is C50H86N2O10Si2. The molecule has 14 heteroatoms. The van der Waals surface area contributed by atoms with E-state index < -0.39 is 57.8 Å². The summed E-state index contributed by atoms with van der Waals surface area (Å²) in [6.07, 6.45) is -1.18. The molecule has 0 aromatic heterocycles. The first-order valence-corrected chi connectivity index (χ1v) is 27.5. The van der Waals surface area contributed by atoms with Gasteiger partial charge >= 0.3 is 24.1 Å². The van der Waals surface area contributed by atoms with Gasteiger partial charge < -0.3 is 38.8 Å². The number of nitrogens with one attached hydrogen (secondary N) is 2. The molecule has 0 heterocycles. The van der Waals surface area contributed by atoms with Crippen molar-refractivity contribution >= 4 is 40.8 Å². The van der Waals surface area contributed by atoms with E-state index in [1.807, 2.05) is 36.4 Å². The molecule has 2 atom stereocenters. The zero-order valence-electron chi connectivity index (χ0n) is 42.9. The first-order chi connectivity index (χ1) is 29.4. The molecule has 3 N–H and O–H groups in total. The number of carboxylic acid groups (broad SMARTS) is 1. The summed E-state index contributed by atoms with van der Waals surface area (Å²) in [5.74, 6) is -2.82. The van der Waals surface area contributed by atoms with Gasteiger partial charge in [0, 0.05) is 13.1 Å². The van der Waals surface area contributed by atoms with Gasteiger partial charge in [-0.1, -0.05) is 132 Å². The number of aliphatic carboxylic acids is 1. The summed E-state index contributed by atoms with van der Waals surface area (Å²) in [5.41, 5.74) is 5.33. The van der Waals surface area contributed by atoms with Crippen molar-refractivity contribution < 1.29 is 47.3 Å². The van der Waals surface area contributed by atoms with Crippen molar-refractivity contribution in [3.05, 3.63) is 70.8 Å². The summed E-state index contributed by atoms with van der Waals surface area (Å²) in [5, 5.41) is 14.9. The second-order valence-corrected chi connectivity index (χ2v) is 31.6. The molecule has 364 valence electrons. The summed E-state index contributed by atoms with van der Waals surface area (Å²) in [6, 6.07) is 15.3. The fraction of sp³-hybridized carbons (Fsp3) is 0.680. The van der Waals surface area contributed by atoms with E-state index in [2.05, 4.69) is 93.7 Å². The molecule has 2 rings (SSSR count). The number of esters is 1. The molecule has 0 saturated heterocycles. The number of ether oxygens (including phenoxy) is 3. The third-order valence-electron chi connectivity index (χ3n) is 11.7. The average Bonchev–Trinajstić information content (AvgIpc) is 3.14. The molecule has 2 aromatic rings. The van der Waals surface area contributed by atoms with Crippen molar-refractivity contribution in [1.82, 2.24) is 10.6 Å². The second-order valence-electron chi connectivity index (χ2n) is 20.7. The number of carboxylic acids is 1. The van der Waals surface area contributed by atoms with Crippen LogP contribution < -0.4 is 10.6 Å². The van der Waals surface area contributed by atoms with E-state index in [4.69, 9.17) is 23.1 Å². The van der Waals surface area contributed by atoms with Gasteiger partial charge in [0.1, 0.15) is 11.2 Å². The zero-order chi connectivity index (χ0) is 49.4. The van der Waals surface area contributed by atoms with E-state index >= 15 is 0 Å². The number of benzene rings is 2. The highest BCUT2D eigenvalue weighted by molar-refractivity contribution is 6.78. The molecule has 2 amide bonds. The molecule has 0 aliphatic heterocycles. The van der Waals surface area contributed by atoms with Crippen LogP contribution in [0.2, 0.25) is 33.2 Å². The van der Waals surface area contributed by atoms with Crippen LogP contribution in [0.4, 0.5) is 9.59 Å². The van der Waals surface area contributed by atoms with Crippen LogP contribution in [-0.2, 0) is 45.9 Å². The minimum Gasteiger partial charge on any atom is -0.481 e. The molecule has 2 unspecified atom stereocenters. The topological polar surface area (TPSA) is 159 Å². The van der Waals surface area contributed by atoms with E-state index in [1.54, 1.807) is 60.6 Å². The predicted molar refractivity (Wildman–Crippen MR) is 263 cm³/mol. The van der Waals surface area contributed by atoms with Crippen molar-refractivity contribution in [3.8, 4) is 0 Å². The first kappa shape index (κ1) is 58.3. The Morgan fingerprint density at radius 2 is 0.828 bits per heavy atom. The summed E-state index contributed by atoms with van der Waals surface area (Å²) in [4.78, 5) is 48.3. The molecule has 12 nitrogen and oxygen atoms in total. The van der Waals surface area contributed by atoms with Crippen molar-refractivity contribution in [2.45, 2.75) is 201 Å². The van der Waals surface area contributed by atoms with Crippen LogP contribution in [0.25, 0.3) is 0 Å². The Labute approximate surface area is 388 Å². The summed E-state index contributed by atoms with van der Waals surface area (Å²) >= 11 is 0. The van der Waals surface area contributed by atoms with E-state index in [0.29, 0.717) is 52.0 Å². The van der Waals surface area contributed by atoms with Gasteiger partial charge in [0.15, 0.2) is 0 Å². The maximum Gasteiger partial charge on any atom is 0.407 e. The monoisotopic (exact) mass is 931 g/mol. The Kier molecular flexibility index (Phi) is 23.5. The molecule has 0 spiro atoms. The molecular weight excluding hydrogens is 845 g/mol. The van der Waals surface area contributed by atoms with Crippen LogP contribution in [0, 0.1) is 0 Å². The van der Waals surface area contributed by atoms with Gasteiger partial charge in [-0.2, -0.15) is 0 Å². The van der Waals surface area contributed by atoms with E-state index in [9.17, 15) is 24.3 Å². The number of carbonyl (C=O) groups excluding carboxylic acids is 3. The van der Waals surface area contributed by atoms with Crippen LogP contribution in [-0.4, -0.2) is 76.8 Å². The minimum absolute atomic E-state index is 0.0375. The molecule has 0 bridgehead atoms. The molecule has 0 aliphatic carbocycles. The third-order valence-corrected chi connectivity index (χ3v) is 23.8. The largest absolute Gasteiger partial charge is 0.481 e. The third kappa shape index (κ3) is 17.9. The molecule has 0 fully saturated rings. The van der Waals surface area contributed by atoms with Gasteiger partial charge in [-0.25, -0.2) is 9.59 Å². The lowest BCUT2D eigenvalue weighted by Crippen LogP contribution is -2.47. The van der Waals surface area contributed by atoms with Crippen LogP contribution in [0.3, 0.4) is 0 Å². The maximum absolute atomic E-state index is 12.6. The van der Waals surface area contributed by atoms with Gasteiger partial charge in [0.2, 0.25) is 16.6 Å². The molecule has 2 aromatic carbocycles. The first-order valence-electron chi connectivity index (χ1n) is 23.2. The van der Waals surface area contributed by atoms with E-state index in [1.165, 1.54) is 0 Å². The van der Waals surface area contributed by atoms with Crippen LogP contribution in [0.1, 0.15) is 166 Å². The van der Waals surface area contributed by atoms with Crippen LogP contribution >= 0.6 is 0 Å². The van der Waals surface area contributed by atoms with Crippen LogP contribution in [0.5, 0.6) is 0 Å². The predicted octanol–water partition coefficient (Wildman–Crippen LogP) is 12.6. The molecule has 64 heavy (non-hydrogen) atoms. The Morgan fingerprint density at radius 3 is 1.09 bits per heavy atom. The zero-order valence-corrected chi connectivity index (χ0v) is 44.9. The SMILES string of the molecule is CC(C)[Si](OCc1ccc(C(CNC(=O)OC(C)(C)C)C(=O)O)cc1)(C(C)C)C(C)C.CCOC(=O)C(CNC(=O)OC(C)(C)C)c1ccc(CO[Si](C(C)C)(C(C)C)C(C)C)cc1. The highest BCUT2D eigenvalue weighted by atomic mass is 28.4. The number of hydrogen-bond acceptors (Lipinski definition) is 9. The standard InChI is InChI=1S/C26H45NO5Si.C24H41NO5Si/c1-11-30-24(28)23(16-27-25(29)32-26(8,9)10)22-14-12-21(13-15-22)17-31-33(18(2)3,19(4)5)20(6)7;1-16(2)31(17(3)4,18(5)6)29-15-19-10-12-20(13-11-19)21(22(26)27)14-25-23(28)30-24(7,8)9/h12-15,18-20,23H,11,16-17H2,1-10H3,(H,27,29);10-13,16-18,21H,14-15H2,1-9H3,(H,25,28)(H,26,27). The Balaban J connectivity index is 0.000000641. The lowest BCUT2D eigenvalue weighted by Gasteiger charge is -2.42. The van der Waals surface area contributed by atoms with Crippen LogP contribution in [0.15, 0.2) is 48.5 Å². The van der Waals surface area contributed by atoms with Crippen molar-refractivity contribution in [3.63, 3.8) is 0 Å². The maximum atomic E-state index is 12.6. The fourth-order valence-corrected chi connectivity index (χ4v) is 19.9. The van der Waals surface area contributed by atoms with Gasteiger partial charge in [-0.3, -0.25) is 9.59 Å². The van der Waals surface area contributed by atoms with E-state index in [0.717, 1.165) is 16.7 Å². The number of amides is 2. The summed E-state index contributed by atoms with van der Waals surface area (Å²) < 4.78 is 29.0. The summed E-state index contributed by atoms with van der Waals surface area (Å²) in [7, 11) is -3.92. The molecule has 0 saturated carbocycles.